The molecule has 1 N–H and O–H groups in total. The fourth-order valence-corrected chi connectivity index (χ4v) is 4.38. The summed E-state index contributed by atoms with van der Waals surface area (Å²) in [5.74, 6) is 1.41. The summed E-state index contributed by atoms with van der Waals surface area (Å²) in [6, 6.07) is 17.6. The fourth-order valence-electron chi connectivity index (χ4n) is 4.38. The van der Waals surface area contributed by atoms with E-state index in [1.54, 1.807) is 12.4 Å². The Morgan fingerprint density at radius 2 is 1.89 bits per heavy atom. The number of aromatic nitrogens is 6. The Labute approximate surface area is 202 Å². The molecular weight excluding hydrogens is 438 g/mol. The fraction of sp³-hybridized carbons (Fsp3) is 0.222. The number of carbonyl (C=O) groups excluding carboxylic acids is 1. The number of fused-ring (bicyclic) bond motifs is 1. The largest absolute Gasteiger partial charge is 0.310 e. The third-order valence-electron chi connectivity index (χ3n) is 6.35. The van der Waals surface area contributed by atoms with Crippen molar-refractivity contribution in [3.63, 3.8) is 0 Å². The molecule has 0 radical (unpaired) electrons. The number of nitrogens with zero attached hydrogens (tertiary/aromatic N) is 6. The number of rotatable bonds is 6. The van der Waals surface area contributed by atoms with Crippen molar-refractivity contribution in [1.29, 1.82) is 0 Å². The molecule has 2 aromatic carbocycles. The van der Waals surface area contributed by atoms with Gasteiger partial charge in [-0.2, -0.15) is 0 Å². The summed E-state index contributed by atoms with van der Waals surface area (Å²) in [4.78, 5) is 22.8. The van der Waals surface area contributed by atoms with Gasteiger partial charge in [0, 0.05) is 23.5 Å². The first kappa shape index (κ1) is 21.2. The Hall–Kier alpha value is -4.33. The minimum Gasteiger partial charge on any atom is -0.310 e. The van der Waals surface area contributed by atoms with Gasteiger partial charge in [0.15, 0.2) is 5.82 Å². The van der Waals surface area contributed by atoms with Gasteiger partial charge in [0.1, 0.15) is 17.8 Å². The van der Waals surface area contributed by atoms with Crippen molar-refractivity contribution in [2.45, 2.75) is 38.6 Å². The van der Waals surface area contributed by atoms with Crippen molar-refractivity contribution in [1.82, 2.24) is 29.3 Å². The summed E-state index contributed by atoms with van der Waals surface area (Å²) in [5, 5.41) is 13.3. The maximum Gasteiger partial charge on any atom is 0.258 e. The number of amides is 1. The molecule has 6 rings (SSSR count). The van der Waals surface area contributed by atoms with E-state index in [1.165, 1.54) is 12.8 Å². The quantitative estimate of drug-likeness (QED) is 0.365. The van der Waals surface area contributed by atoms with E-state index < -0.39 is 0 Å². The van der Waals surface area contributed by atoms with E-state index in [2.05, 4.69) is 45.4 Å². The van der Waals surface area contributed by atoms with Crippen LogP contribution in [0.4, 0.5) is 5.82 Å². The van der Waals surface area contributed by atoms with Crippen LogP contribution < -0.4 is 5.32 Å². The van der Waals surface area contributed by atoms with Gasteiger partial charge in [-0.1, -0.05) is 36.4 Å². The summed E-state index contributed by atoms with van der Waals surface area (Å²) >= 11 is 0. The Bertz CT molecular complexity index is 1540. The molecule has 1 amide bonds. The summed E-state index contributed by atoms with van der Waals surface area (Å²) < 4.78 is 3.92. The number of carbonyl (C=O) groups is 1. The van der Waals surface area contributed by atoms with Gasteiger partial charge in [-0.3, -0.25) is 4.79 Å². The summed E-state index contributed by atoms with van der Waals surface area (Å²) in [5.41, 5.74) is 3.10. The Kier molecular flexibility index (Phi) is 5.13. The predicted octanol–water partition coefficient (Wildman–Crippen LogP) is 5.39. The van der Waals surface area contributed by atoms with Crippen LogP contribution in [0.15, 0.2) is 73.4 Å². The zero-order valence-corrected chi connectivity index (χ0v) is 19.6. The second kappa shape index (κ2) is 8.47. The third kappa shape index (κ3) is 3.97. The van der Waals surface area contributed by atoms with E-state index in [0.29, 0.717) is 28.8 Å². The van der Waals surface area contributed by atoms with Gasteiger partial charge < -0.3 is 14.5 Å². The van der Waals surface area contributed by atoms with E-state index >= 15 is 0 Å². The zero-order chi connectivity index (χ0) is 23.9. The number of hydrogen-bond donors (Lipinski definition) is 1. The molecule has 0 bridgehead atoms. The Balaban J connectivity index is 1.38. The number of hydrogen-bond acceptors (Lipinski definition) is 5. The maximum atomic E-state index is 13.6. The minimum atomic E-state index is -0.234. The van der Waals surface area contributed by atoms with E-state index in [-0.39, 0.29) is 11.9 Å². The summed E-state index contributed by atoms with van der Waals surface area (Å²) in [6.45, 7) is 4.12. The van der Waals surface area contributed by atoms with Gasteiger partial charge >= 0.3 is 0 Å². The lowest BCUT2D eigenvalue weighted by Gasteiger charge is -2.14. The van der Waals surface area contributed by atoms with Crippen molar-refractivity contribution in [2.75, 3.05) is 5.32 Å². The highest BCUT2D eigenvalue weighted by atomic mass is 16.1. The van der Waals surface area contributed by atoms with E-state index in [9.17, 15) is 4.79 Å². The van der Waals surface area contributed by atoms with Crippen molar-refractivity contribution in [3.8, 4) is 17.2 Å². The molecule has 5 aromatic rings. The smallest absolute Gasteiger partial charge is 0.258 e. The molecule has 8 heteroatoms. The number of imidazole rings is 1. The van der Waals surface area contributed by atoms with Crippen LogP contribution in [0.1, 0.15) is 54.7 Å². The van der Waals surface area contributed by atoms with Gasteiger partial charge in [0.05, 0.1) is 23.3 Å². The molecule has 35 heavy (non-hydrogen) atoms. The SMILES string of the molecule is CC(C)n1cnnc1-c1cccc(NC(=O)c2ccc3ccccc3c2-n2cnc(C3CC3)c2)n1. The average Bonchev–Trinajstić information content (AvgIpc) is 3.39. The van der Waals surface area contributed by atoms with Crippen LogP contribution in [0.25, 0.3) is 28.0 Å². The number of benzene rings is 2. The number of pyridine rings is 1. The molecular formula is C27H25N7O. The lowest BCUT2D eigenvalue weighted by molar-refractivity contribution is 0.102. The predicted molar refractivity (Wildman–Crippen MR) is 135 cm³/mol. The molecule has 1 saturated carbocycles. The lowest BCUT2D eigenvalue weighted by atomic mass is 10.0. The molecule has 0 aliphatic heterocycles. The van der Waals surface area contributed by atoms with Gasteiger partial charge in [0.25, 0.3) is 5.91 Å². The summed E-state index contributed by atoms with van der Waals surface area (Å²) in [6.07, 6.45) is 7.89. The number of anilines is 1. The molecule has 8 nitrogen and oxygen atoms in total. The topological polar surface area (TPSA) is 90.5 Å². The van der Waals surface area contributed by atoms with Crippen LogP contribution in [0.3, 0.4) is 0 Å². The highest BCUT2D eigenvalue weighted by Crippen LogP contribution is 2.39. The number of nitrogens with one attached hydrogen (secondary N) is 1. The van der Waals surface area contributed by atoms with E-state index in [1.807, 2.05) is 64.1 Å². The molecule has 0 unspecified atom stereocenters. The van der Waals surface area contributed by atoms with E-state index in [0.717, 1.165) is 22.2 Å². The highest BCUT2D eigenvalue weighted by Gasteiger charge is 2.26. The van der Waals surface area contributed by atoms with Gasteiger partial charge in [-0.15, -0.1) is 10.2 Å². The molecule has 3 heterocycles. The standard InChI is InChI=1S/C27H25N7O/c1-17(2)34-16-29-32-26(34)22-8-5-9-24(30-22)31-27(35)21-13-12-18-6-3-4-7-20(18)25(21)33-14-23(28-15-33)19-10-11-19/h3-9,12-17,19H,10-11H2,1-2H3,(H,30,31,35). The van der Waals surface area contributed by atoms with Crippen LogP contribution in [-0.2, 0) is 0 Å². The van der Waals surface area contributed by atoms with Crippen molar-refractivity contribution < 1.29 is 4.79 Å². The molecule has 1 aliphatic rings. The third-order valence-corrected chi connectivity index (χ3v) is 6.35. The molecule has 1 aliphatic carbocycles. The van der Waals surface area contributed by atoms with Crippen LogP contribution in [0.2, 0.25) is 0 Å². The van der Waals surface area contributed by atoms with Crippen molar-refractivity contribution in [3.05, 3.63) is 84.7 Å². The second-order valence-electron chi connectivity index (χ2n) is 9.18. The lowest BCUT2D eigenvalue weighted by Crippen LogP contribution is -2.16. The van der Waals surface area contributed by atoms with Gasteiger partial charge in [-0.25, -0.2) is 9.97 Å². The molecule has 1 fully saturated rings. The monoisotopic (exact) mass is 463 g/mol. The van der Waals surface area contributed by atoms with Crippen LogP contribution in [0.5, 0.6) is 0 Å². The zero-order valence-electron chi connectivity index (χ0n) is 19.6. The first-order valence-electron chi connectivity index (χ1n) is 11.8. The Morgan fingerprint density at radius 1 is 1.03 bits per heavy atom. The highest BCUT2D eigenvalue weighted by molar-refractivity contribution is 6.10. The molecule has 3 aromatic heterocycles. The van der Waals surface area contributed by atoms with Crippen molar-refractivity contribution in [2.24, 2.45) is 0 Å². The van der Waals surface area contributed by atoms with Crippen LogP contribution in [-0.4, -0.2) is 35.2 Å². The minimum absolute atomic E-state index is 0.191. The first-order chi connectivity index (χ1) is 17.1. The molecule has 174 valence electrons. The van der Waals surface area contributed by atoms with E-state index in [4.69, 9.17) is 0 Å². The first-order valence-corrected chi connectivity index (χ1v) is 11.8. The Morgan fingerprint density at radius 3 is 2.71 bits per heavy atom. The molecule has 0 saturated heterocycles. The van der Waals surface area contributed by atoms with Crippen molar-refractivity contribution >= 4 is 22.5 Å². The maximum absolute atomic E-state index is 13.6. The average molecular weight is 464 g/mol. The van der Waals surface area contributed by atoms with Crippen LogP contribution >= 0.6 is 0 Å². The summed E-state index contributed by atoms with van der Waals surface area (Å²) in [7, 11) is 0. The van der Waals surface area contributed by atoms with Gasteiger partial charge in [0.2, 0.25) is 0 Å². The molecule has 0 atom stereocenters. The molecule has 0 spiro atoms. The normalized spacial score (nSPS) is 13.5. The second-order valence-corrected chi connectivity index (χ2v) is 9.18. The van der Waals surface area contributed by atoms with Gasteiger partial charge in [-0.05, 0) is 50.3 Å². The van der Waals surface area contributed by atoms with Crippen LogP contribution in [0, 0.1) is 0 Å².